The molecule has 0 aliphatic carbocycles. The molecule has 9 heteroatoms. The van der Waals surface area contributed by atoms with Gasteiger partial charge in [0.05, 0.1) is 11.3 Å². The Kier molecular flexibility index (Phi) is 8.15. The first kappa shape index (κ1) is 23.2. The van der Waals surface area contributed by atoms with Gasteiger partial charge in [-0.25, -0.2) is 9.18 Å². The summed E-state index contributed by atoms with van der Waals surface area (Å²) in [6, 6.07) is 18.6. The number of carbonyl (C=O) groups excluding carboxylic acids is 2. The molecule has 0 aromatic heterocycles. The molecule has 0 spiro atoms. The minimum Gasteiger partial charge on any atom is -0.452 e. The van der Waals surface area contributed by atoms with Gasteiger partial charge in [0.25, 0.3) is 11.7 Å². The molecule has 0 unspecified atom stereocenters. The summed E-state index contributed by atoms with van der Waals surface area (Å²) in [5, 5.41) is 5.63. The van der Waals surface area contributed by atoms with Crippen LogP contribution in [-0.2, 0) is 16.1 Å². The summed E-state index contributed by atoms with van der Waals surface area (Å²) in [6.07, 6.45) is 0. The quantitative estimate of drug-likeness (QED) is 0.333. The van der Waals surface area contributed by atoms with Gasteiger partial charge >= 0.3 is 5.97 Å². The number of thioether (sulfide) groups is 1. The van der Waals surface area contributed by atoms with Gasteiger partial charge in [-0.2, -0.15) is 8.78 Å². The minimum atomic E-state index is -2.50. The monoisotopic (exact) mass is 460 g/mol. The second-order valence-corrected chi connectivity index (χ2v) is 7.62. The molecule has 166 valence electrons. The summed E-state index contributed by atoms with van der Waals surface area (Å²) in [5.41, 5.74) is 1.96. The van der Waals surface area contributed by atoms with Crippen molar-refractivity contribution in [2.24, 2.45) is 0 Å². The number of halogens is 3. The van der Waals surface area contributed by atoms with Crippen LogP contribution in [0.15, 0.2) is 77.7 Å². The van der Waals surface area contributed by atoms with E-state index in [-0.39, 0.29) is 17.9 Å². The highest BCUT2D eigenvalue weighted by Crippen LogP contribution is 2.28. The minimum absolute atomic E-state index is 0.175. The third-order valence-electron chi connectivity index (χ3n) is 4.24. The third-order valence-corrected chi connectivity index (χ3v) is 4.97. The number of alkyl halides is 2. The second kappa shape index (κ2) is 11.2. The van der Waals surface area contributed by atoms with Crippen LogP contribution in [-0.4, -0.2) is 24.2 Å². The lowest BCUT2D eigenvalue weighted by molar-refractivity contribution is -0.124. The van der Waals surface area contributed by atoms with Crippen LogP contribution in [0.4, 0.5) is 24.5 Å². The van der Waals surface area contributed by atoms with Gasteiger partial charge in [0.1, 0.15) is 5.82 Å². The van der Waals surface area contributed by atoms with Crippen molar-refractivity contribution < 1.29 is 27.5 Å². The summed E-state index contributed by atoms with van der Waals surface area (Å²) >= 11 is 0.444. The number of amides is 1. The van der Waals surface area contributed by atoms with Gasteiger partial charge < -0.3 is 15.4 Å². The maximum Gasteiger partial charge on any atom is 0.340 e. The van der Waals surface area contributed by atoms with Crippen molar-refractivity contribution in [2.75, 3.05) is 11.9 Å². The van der Waals surface area contributed by atoms with E-state index in [1.807, 2.05) is 0 Å². The van der Waals surface area contributed by atoms with Gasteiger partial charge in [-0.05, 0) is 54.1 Å². The van der Waals surface area contributed by atoms with Crippen LogP contribution >= 0.6 is 11.8 Å². The molecule has 0 saturated heterocycles. The lowest BCUT2D eigenvalue weighted by atomic mass is 10.1. The Bertz CT molecular complexity index is 1060. The maximum absolute atomic E-state index is 12.9. The highest BCUT2D eigenvalue weighted by molar-refractivity contribution is 7.99. The molecule has 0 bridgehead atoms. The third kappa shape index (κ3) is 7.05. The first-order chi connectivity index (χ1) is 15.4. The molecule has 2 N–H and O–H groups in total. The van der Waals surface area contributed by atoms with E-state index in [4.69, 9.17) is 4.74 Å². The van der Waals surface area contributed by atoms with E-state index in [2.05, 4.69) is 10.6 Å². The number of anilines is 2. The number of benzene rings is 3. The van der Waals surface area contributed by atoms with E-state index >= 15 is 0 Å². The van der Waals surface area contributed by atoms with Gasteiger partial charge in [-0.1, -0.05) is 36.0 Å². The lowest BCUT2D eigenvalue weighted by Crippen LogP contribution is -2.28. The maximum atomic E-state index is 12.9. The Hall–Kier alpha value is -3.46. The second-order valence-electron chi connectivity index (χ2n) is 6.55. The standard InChI is InChI=1S/C23H19F3N2O3S/c24-16-7-5-15(6-8-16)13-27-21(29)14-31-22(30)19-3-1-2-4-20(19)28-17-9-11-18(12-10-17)32-23(25)26/h1-12,23,28H,13-14H2,(H,27,29). The predicted molar refractivity (Wildman–Crippen MR) is 117 cm³/mol. The smallest absolute Gasteiger partial charge is 0.340 e. The van der Waals surface area contributed by atoms with E-state index in [0.717, 1.165) is 0 Å². The van der Waals surface area contributed by atoms with Gasteiger partial charge in [0.2, 0.25) is 0 Å². The summed E-state index contributed by atoms with van der Waals surface area (Å²) in [6.45, 7) is -0.303. The van der Waals surface area contributed by atoms with E-state index in [1.165, 1.54) is 12.1 Å². The van der Waals surface area contributed by atoms with Crippen molar-refractivity contribution in [1.29, 1.82) is 0 Å². The fourth-order valence-corrected chi connectivity index (χ4v) is 3.21. The zero-order valence-corrected chi connectivity index (χ0v) is 17.5. The molecule has 0 aliphatic rings. The number of hydrogen-bond donors (Lipinski definition) is 2. The number of esters is 1. The Morgan fingerprint density at radius 3 is 2.31 bits per heavy atom. The summed E-state index contributed by atoms with van der Waals surface area (Å²) in [7, 11) is 0. The Morgan fingerprint density at radius 2 is 1.62 bits per heavy atom. The largest absolute Gasteiger partial charge is 0.452 e. The van der Waals surface area contributed by atoms with Gasteiger partial charge in [0.15, 0.2) is 6.61 Å². The summed E-state index contributed by atoms with van der Waals surface area (Å²) < 4.78 is 42.9. The van der Waals surface area contributed by atoms with Crippen LogP contribution < -0.4 is 10.6 Å². The number of para-hydroxylation sites is 1. The van der Waals surface area contributed by atoms with Crippen LogP contribution in [0, 0.1) is 5.82 Å². The predicted octanol–water partition coefficient (Wildman–Crippen LogP) is 5.36. The Morgan fingerprint density at radius 1 is 0.938 bits per heavy atom. The number of ether oxygens (including phenoxy) is 1. The van der Waals surface area contributed by atoms with Crippen molar-refractivity contribution in [3.8, 4) is 0 Å². The molecule has 0 radical (unpaired) electrons. The SMILES string of the molecule is O=C(COC(=O)c1ccccc1Nc1ccc(SC(F)F)cc1)NCc1ccc(F)cc1. The molecule has 0 heterocycles. The summed E-state index contributed by atoms with van der Waals surface area (Å²) in [4.78, 5) is 24.9. The van der Waals surface area contributed by atoms with Crippen LogP contribution in [0.5, 0.6) is 0 Å². The van der Waals surface area contributed by atoms with Crippen molar-refractivity contribution >= 4 is 35.0 Å². The molecule has 0 atom stereocenters. The van der Waals surface area contributed by atoms with Crippen molar-refractivity contribution in [1.82, 2.24) is 5.32 Å². The fraction of sp³-hybridized carbons (Fsp3) is 0.130. The molecule has 1 amide bonds. The van der Waals surface area contributed by atoms with Crippen LogP contribution in [0.25, 0.3) is 0 Å². The van der Waals surface area contributed by atoms with E-state index in [0.29, 0.717) is 33.6 Å². The van der Waals surface area contributed by atoms with Gasteiger partial charge in [-0.15, -0.1) is 0 Å². The van der Waals surface area contributed by atoms with Crippen molar-refractivity contribution in [3.05, 3.63) is 89.7 Å². The lowest BCUT2D eigenvalue weighted by Gasteiger charge is -2.12. The van der Waals surface area contributed by atoms with Gasteiger partial charge in [-0.3, -0.25) is 4.79 Å². The molecule has 3 aromatic rings. The highest BCUT2D eigenvalue weighted by atomic mass is 32.2. The molecular weight excluding hydrogens is 441 g/mol. The first-order valence-electron chi connectivity index (χ1n) is 9.50. The fourth-order valence-electron chi connectivity index (χ4n) is 2.71. The van der Waals surface area contributed by atoms with Crippen LogP contribution in [0.3, 0.4) is 0 Å². The summed E-state index contributed by atoms with van der Waals surface area (Å²) in [5.74, 6) is -4.07. The number of rotatable bonds is 9. The molecule has 5 nitrogen and oxygen atoms in total. The number of hydrogen-bond acceptors (Lipinski definition) is 5. The molecular formula is C23H19F3N2O3S. The molecule has 32 heavy (non-hydrogen) atoms. The normalized spacial score (nSPS) is 10.6. The molecule has 3 aromatic carbocycles. The zero-order valence-electron chi connectivity index (χ0n) is 16.7. The first-order valence-corrected chi connectivity index (χ1v) is 10.4. The van der Waals surface area contributed by atoms with Crippen molar-refractivity contribution in [2.45, 2.75) is 17.2 Å². The molecule has 0 aliphatic heterocycles. The molecule has 0 saturated carbocycles. The molecule has 0 fully saturated rings. The molecule has 3 rings (SSSR count). The topological polar surface area (TPSA) is 67.4 Å². The zero-order chi connectivity index (χ0) is 22.9. The van der Waals surface area contributed by atoms with Crippen LogP contribution in [0.2, 0.25) is 0 Å². The van der Waals surface area contributed by atoms with E-state index in [1.54, 1.807) is 60.7 Å². The van der Waals surface area contributed by atoms with Crippen LogP contribution in [0.1, 0.15) is 15.9 Å². The van der Waals surface area contributed by atoms with E-state index in [9.17, 15) is 22.8 Å². The Balaban J connectivity index is 1.55. The average molecular weight is 460 g/mol. The average Bonchev–Trinajstić information content (AvgIpc) is 2.78. The number of nitrogens with one attached hydrogen (secondary N) is 2. The van der Waals surface area contributed by atoms with Crippen molar-refractivity contribution in [3.63, 3.8) is 0 Å². The Labute approximate surface area is 187 Å². The highest BCUT2D eigenvalue weighted by Gasteiger charge is 2.15. The number of carbonyl (C=O) groups is 2. The van der Waals surface area contributed by atoms with E-state index < -0.39 is 24.2 Å². The van der Waals surface area contributed by atoms with Gasteiger partial charge in [0, 0.05) is 17.1 Å².